The lowest BCUT2D eigenvalue weighted by Crippen LogP contribution is -2.34. The van der Waals surface area contributed by atoms with E-state index >= 15 is 0 Å². The Labute approximate surface area is 133 Å². The standard InChI is InChI=1S/C17H17N3OS/c18-16(8-14-9-19-11-20-14)17(21)10-22-15-6-5-12-3-1-2-4-13(12)7-15/h1-7,9,11,16H,8,10,18H2,(H,19,20)/t16-/m0/s1. The number of benzene rings is 2. The summed E-state index contributed by atoms with van der Waals surface area (Å²) in [5.74, 6) is 0.431. The quantitative estimate of drug-likeness (QED) is 0.687. The van der Waals surface area contributed by atoms with Crippen LogP contribution in [0.25, 0.3) is 10.8 Å². The van der Waals surface area contributed by atoms with Gasteiger partial charge in [0.15, 0.2) is 5.78 Å². The van der Waals surface area contributed by atoms with Crippen LogP contribution in [0.2, 0.25) is 0 Å². The van der Waals surface area contributed by atoms with Gasteiger partial charge in [0.05, 0.1) is 18.1 Å². The molecule has 0 amide bonds. The van der Waals surface area contributed by atoms with E-state index in [2.05, 4.69) is 34.2 Å². The highest BCUT2D eigenvalue weighted by Gasteiger charge is 2.15. The van der Waals surface area contributed by atoms with Crippen LogP contribution in [0.15, 0.2) is 59.9 Å². The van der Waals surface area contributed by atoms with Crippen molar-refractivity contribution in [2.45, 2.75) is 17.4 Å². The zero-order valence-electron chi connectivity index (χ0n) is 12.0. The summed E-state index contributed by atoms with van der Waals surface area (Å²) in [7, 11) is 0. The van der Waals surface area contributed by atoms with E-state index in [-0.39, 0.29) is 5.78 Å². The van der Waals surface area contributed by atoms with E-state index in [9.17, 15) is 4.79 Å². The van der Waals surface area contributed by atoms with Gasteiger partial charge in [-0.05, 0) is 22.9 Å². The van der Waals surface area contributed by atoms with E-state index in [0.29, 0.717) is 12.2 Å². The van der Waals surface area contributed by atoms with Crippen molar-refractivity contribution in [3.8, 4) is 0 Å². The Kier molecular flexibility index (Phi) is 4.56. The highest BCUT2D eigenvalue weighted by atomic mass is 32.2. The van der Waals surface area contributed by atoms with Crippen molar-refractivity contribution in [2.75, 3.05) is 5.75 Å². The number of fused-ring (bicyclic) bond motifs is 1. The number of imidazole rings is 1. The van der Waals surface area contributed by atoms with Crippen LogP contribution < -0.4 is 5.73 Å². The van der Waals surface area contributed by atoms with Gasteiger partial charge in [-0.3, -0.25) is 4.79 Å². The molecule has 0 saturated heterocycles. The molecule has 2 aromatic carbocycles. The van der Waals surface area contributed by atoms with Crippen molar-refractivity contribution in [3.63, 3.8) is 0 Å². The predicted octanol–water partition coefficient (Wildman–Crippen LogP) is 2.79. The molecular weight excluding hydrogens is 294 g/mol. The second-order valence-electron chi connectivity index (χ2n) is 5.15. The normalized spacial score (nSPS) is 12.4. The highest BCUT2D eigenvalue weighted by molar-refractivity contribution is 8.00. The first-order chi connectivity index (χ1) is 10.7. The van der Waals surface area contributed by atoms with E-state index in [1.54, 1.807) is 12.5 Å². The summed E-state index contributed by atoms with van der Waals surface area (Å²) in [6.45, 7) is 0. The van der Waals surface area contributed by atoms with Crippen molar-refractivity contribution in [3.05, 3.63) is 60.7 Å². The molecule has 0 aliphatic carbocycles. The molecule has 22 heavy (non-hydrogen) atoms. The number of hydrogen-bond donors (Lipinski definition) is 2. The third kappa shape index (κ3) is 3.55. The maximum atomic E-state index is 12.1. The molecule has 0 aliphatic rings. The van der Waals surface area contributed by atoms with Gasteiger partial charge in [-0.15, -0.1) is 11.8 Å². The van der Waals surface area contributed by atoms with Crippen LogP contribution in [-0.4, -0.2) is 27.5 Å². The molecule has 0 spiro atoms. The Balaban J connectivity index is 1.59. The number of nitrogens with zero attached hydrogens (tertiary/aromatic N) is 1. The lowest BCUT2D eigenvalue weighted by Gasteiger charge is -2.09. The molecule has 112 valence electrons. The summed E-state index contributed by atoms with van der Waals surface area (Å²) >= 11 is 1.53. The Bertz CT molecular complexity index is 770. The van der Waals surface area contributed by atoms with E-state index in [1.807, 2.05) is 18.2 Å². The molecule has 0 radical (unpaired) electrons. The second-order valence-corrected chi connectivity index (χ2v) is 6.20. The first kappa shape index (κ1) is 14.8. The molecule has 0 aliphatic heterocycles. The molecule has 4 nitrogen and oxygen atoms in total. The minimum Gasteiger partial charge on any atom is -0.348 e. The zero-order valence-corrected chi connectivity index (χ0v) is 12.8. The fourth-order valence-corrected chi connectivity index (χ4v) is 3.16. The van der Waals surface area contributed by atoms with Crippen LogP contribution >= 0.6 is 11.8 Å². The van der Waals surface area contributed by atoms with Crippen LogP contribution in [0.4, 0.5) is 0 Å². The molecule has 0 fully saturated rings. The van der Waals surface area contributed by atoms with Gasteiger partial charge in [0.1, 0.15) is 0 Å². The number of aromatic amines is 1. The van der Waals surface area contributed by atoms with Crippen LogP contribution in [0.1, 0.15) is 5.69 Å². The Morgan fingerprint density at radius 1 is 1.23 bits per heavy atom. The van der Waals surface area contributed by atoms with Gasteiger partial charge in [0.25, 0.3) is 0 Å². The molecule has 0 saturated carbocycles. The lowest BCUT2D eigenvalue weighted by atomic mass is 10.1. The minimum absolute atomic E-state index is 0.0489. The number of H-pyrrole nitrogens is 1. The van der Waals surface area contributed by atoms with Crippen LogP contribution in [-0.2, 0) is 11.2 Å². The number of rotatable bonds is 6. The monoisotopic (exact) mass is 311 g/mol. The number of carbonyl (C=O) groups excluding carboxylic acids is 1. The van der Waals surface area contributed by atoms with Gasteiger partial charge >= 0.3 is 0 Å². The van der Waals surface area contributed by atoms with Crippen molar-refractivity contribution in [1.29, 1.82) is 0 Å². The average Bonchev–Trinajstić information content (AvgIpc) is 3.05. The third-order valence-corrected chi connectivity index (χ3v) is 4.53. The van der Waals surface area contributed by atoms with Crippen molar-refractivity contribution in [1.82, 2.24) is 9.97 Å². The maximum Gasteiger partial charge on any atom is 0.160 e. The first-order valence-electron chi connectivity index (χ1n) is 7.09. The molecule has 5 heteroatoms. The second kappa shape index (κ2) is 6.77. The van der Waals surface area contributed by atoms with Crippen molar-refractivity contribution < 1.29 is 4.79 Å². The van der Waals surface area contributed by atoms with E-state index in [1.165, 1.54) is 22.5 Å². The number of hydrogen-bond acceptors (Lipinski definition) is 4. The van der Waals surface area contributed by atoms with Gasteiger partial charge < -0.3 is 10.7 Å². The topological polar surface area (TPSA) is 71.8 Å². The summed E-state index contributed by atoms with van der Waals surface area (Å²) in [4.78, 5) is 20.1. The number of ketones is 1. The number of nitrogens with one attached hydrogen (secondary N) is 1. The third-order valence-electron chi connectivity index (χ3n) is 3.51. The Hall–Kier alpha value is -2.11. The molecule has 3 N–H and O–H groups in total. The maximum absolute atomic E-state index is 12.1. The molecule has 0 bridgehead atoms. The van der Waals surface area contributed by atoms with Crippen LogP contribution in [0.3, 0.4) is 0 Å². The fraction of sp³-hybridized carbons (Fsp3) is 0.176. The van der Waals surface area contributed by atoms with Crippen molar-refractivity contribution >= 4 is 28.3 Å². The van der Waals surface area contributed by atoms with Gasteiger partial charge in [0.2, 0.25) is 0 Å². The Morgan fingerprint density at radius 2 is 2.05 bits per heavy atom. The summed E-state index contributed by atoms with van der Waals surface area (Å²) in [6.07, 6.45) is 3.79. The first-order valence-corrected chi connectivity index (χ1v) is 8.08. The molecule has 1 heterocycles. The number of carbonyl (C=O) groups is 1. The summed E-state index contributed by atoms with van der Waals surface area (Å²) in [5, 5.41) is 2.39. The van der Waals surface area contributed by atoms with Gasteiger partial charge in [-0.2, -0.15) is 0 Å². The highest BCUT2D eigenvalue weighted by Crippen LogP contribution is 2.23. The van der Waals surface area contributed by atoms with Gasteiger partial charge in [0, 0.05) is 23.2 Å². The molecule has 1 atom stereocenters. The SMILES string of the molecule is N[C@@H](Cc1cnc[nH]1)C(=O)CSc1ccc2ccccc2c1. The predicted molar refractivity (Wildman–Crippen MR) is 89.9 cm³/mol. The number of nitrogens with two attached hydrogens (primary N) is 1. The lowest BCUT2D eigenvalue weighted by molar-refractivity contribution is -0.117. The van der Waals surface area contributed by atoms with Gasteiger partial charge in [-0.1, -0.05) is 30.3 Å². The minimum atomic E-state index is -0.492. The average molecular weight is 311 g/mol. The number of aromatic nitrogens is 2. The summed E-state index contributed by atoms with van der Waals surface area (Å²) in [6, 6.07) is 13.9. The van der Waals surface area contributed by atoms with Gasteiger partial charge in [-0.25, -0.2) is 4.98 Å². The van der Waals surface area contributed by atoms with Crippen molar-refractivity contribution in [2.24, 2.45) is 5.73 Å². The molecule has 3 rings (SSSR count). The smallest absolute Gasteiger partial charge is 0.160 e. The summed E-state index contributed by atoms with van der Waals surface area (Å²) in [5.41, 5.74) is 6.84. The van der Waals surface area contributed by atoms with Crippen LogP contribution in [0, 0.1) is 0 Å². The van der Waals surface area contributed by atoms with Crippen LogP contribution in [0.5, 0.6) is 0 Å². The summed E-state index contributed by atoms with van der Waals surface area (Å²) < 4.78 is 0. The number of thioether (sulfide) groups is 1. The Morgan fingerprint density at radius 3 is 2.82 bits per heavy atom. The zero-order chi connectivity index (χ0) is 15.4. The molecule has 3 aromatic rings. The van der Waals surface area contributed by atoms with E-state index < -0.39 is 6.04 Å². The largest absolute Gasteiger partial charge is 0.348 e. The van der Waals surface area contributed by atoms with E-state index in [4.69, 9.17) is 5.73 Å². The number of Topliss-reactive ketones (excluding diaryl/α,β-unsaturated/α-hetero) is 1. The van der Waals surface area contributed by atoms with E-state index in [0.717, 1.165) is 10.6 Å². The molecule has 0 unspecified atom stereocenters. The molecule has 1 aromatic heterocycles. The molecular formula is C17H17N3OS. The fourth-order valence-electron chi connectivity index (χ4n) is 2.27.